The Morgan fingerprint density at radius 2 is 2.25 bits per heavy atom. The Bertz CT molecular complexity index is 719. The number of nitrogens with zero attached hydrogens (tertiary/aromatic N) is 1. The van der Waals surface area contributed by atoms with Crippen LogP contribution in [0.3, 0.4) is 0 Å². The molecule has 3 rings (SSSR count). The minimum absolute atomic E-state index is 0.0712. The Balaban J connectivity index is 1.57. The summed E-state index contributed by atoms with van der Waals surface area (Å²) in [6.07, 6.45) is 1.19. The molecule has 1 aliphatic rings. The highest BCUT2D eigenvalue weighted by Gasteiger charge is 2.30. The Kier molecular flexibility index (Phi) is 5.18. The summed E-state index contributed by atoms with van der Waals surface area (Å²) in [6.45, 7) is 0.265. The molecule has 0 bridgehead atoms. The molecule has 128 valence electrons. The number of carbonyl (C=O) groups excluding carboxylic acids is 1. The van der Waals surface area contributed by atoms with E-state index in [1.807, 2.05) is 12.1 Å². The van der Waals surface area contributed by atoms with E-state index in [-0.39, 0.29) is 24.4 Å². The molecule has 1 aromatic carbocycles. The average Bonchev–Trinajstić information content (AvgIpc) is 3.04. The van der Waals surface area contributed by atoms with Gasteiger partial charge >= 0.3 is 0 Å². The van der Waals surface area contributed by atoms with Gasteiger partial charge in [-0.2, -0.15) is 0 Å². The first-order valence-electron chi connectivity index (χ1n) is 7.96. The van der Waals surface area contributed by atoms with Crippen LogP contribution < -0.4 is 11.1 Å². The molecule has 4 N–H and O–H groups in total. The number of hydrogen-bond acceptors (Lipinski definition) is 5. The summed E-state index contributed by atoms with van der Waals surface area (Å²) in [6, 6.07) is 8.76. The lowest BCUT2D eigenvalue weighted by Crippen LogP contribution is -2.44. The number of carbonyl (C=O) groups is 1. The van der Waals surface area contributed by atoms with E-state index in [0.29, 0.717) is 35.7 Å². The van der Waals surface area contributed by atoms with Crippen LogP contribution in [0.1, 0.15) is 25.0 Å². The topological polar surface area (TPSA) is 101 Å². The minimum atomic E-state index is -0.511. The lowest BCUT2D eigenvalue weighted by molar-refractivity contribution is -0.127. The van der Waals surface area contributed by atoms with Gasteiger partial charge in [0, 0.05) is 28.6 Å². The van der Waals surface area contributed by atoms with Crippen LogP contribution in [0.2, 0.25) is 5.02 Å². The van der Waals surface area contributed by atoms with Crippen LogP contribution in [0.25, 0.3) is 11.3 Å². The van der Waals surface area contributed by atoms with Gasteiger partial charge in [-0.1, -0.05) is 28.9 Å². The van der Waals surface area contributed by atoms with Crippen molar-refractivity contribution in [2.24, 2.45) is 11.7 Å². The first kappa shape index (κ1) is 17.0. The smallest absolute Gasteiger partial charge is 0.223 e. The normalized spacial score (nSPS) is 23.9. The van der Waals surface area contributed by atoms with Gasteiger partial charge in [-0.3, -0.25) is 4.79 Å². The van der Waals surface area contributed by atoms with E-state index in [4.69, 9.17) is 21.9 Å². The predicted molar refractivity (Wildman–Crippen MR) is 90.1 cm³/mol. The zero-order valence-electron chi connectivity index (χ0n) is 13.1. The average molecular weight is 350 g/mol. The van der Waals surface area contributed by atoms with Gasteiger partial charge in [0.05, 0.1) is 12.6 Å². The Labute approximate surface area is 145 Å². The molecule has 0 radical (unpaired) electrons. The number of halogens is 1. The highest BCUT2D eigenvalue weighted by Crippen LogP contribution is 2.25. The molecule has 1 heterocycles. The summed E-state index contributed by atoms with van der Waals surface area (Å²) in [5, 5.41) is 17.1. The molecular weight excluding hydrogens is 330 g/mol. The van der Waals surface area contributed by atoms with Crippen LogP contribution in [0.4, 0.5) is 0 Å². The van der Waals surface area contributed by atoms with Crippen LogP contribution in [-0.2, 0) is 11.3 Å². The Hall–Kier alpha value is -1.89. The van der Waals surface area contributed by atoms with Gasteiger partial charge in [0.1, 0.15) is 5.69 Å². The van der Waals surface area contributed by atoms with E-state index in [1.54, 1.807) is 18.2 Å². The van der Waals surface area contributed by atoms with E-state index in [9.17, 15) is 9.90 Å². The number of rotatable bonds is 4. The molecule has 1 fully saturated rings. The molecule has 0 saturated heterocycles. The highest BCUT2D eigenvalue weighted by atomic mass is 35.5. The maximum atomic E-state index is 12.2. The highest BCUT2D eigenvalue weighted by molar-refractivity contribution is 6.30. The van der Waals surface area contributed by atoms with Crippen molar-refractivity contribution >= 4 is 17.5 Å². The van der Waals surface area contributed by atoms with Gasteiger partial charge in [-0.05, 0) is 31.4 Å². The second kappa shape index (κ2) is 7.34. The zero-order valence-corrected chi connectivity index (χ0v) is 13.9. The SMILES string of the molecule is N[C@@H]1C[C@@H](C(=O)NCc2cc(-c3cccc(Cl)c3)no2)CC[C@H]1O. The summed E-state index contributed by atoms with van der Waals surface area (Å²) < 4.78 is 5.26. The standard InChI is InChI=1S/C17H20ClN3O3/c18-12-3-1-2-10(6-12)15-8-13(24-21-15)9-20-17(23)11-4-5-16(22)14(19)7-11/h1-3,6,8,11,14,16,22H,4-5,7,9,19H2,(H,20,23)/t11-,14+,16+/m0/s1. The third-order valence-electron chi connectivity index (χ3n) is 4.35. The molecule has 3 atom stereocenters. The van der Waals surface area contributed by atoms with Crippen molar-refractivity contribution in [2.75, 3.05) is 0 Å². The quantitative estimate of drug-likeness (QED) is 0.784. The number of amides is 1. The fourth-order valence-electron chi connectivity index (χ4n) is 2.93. The second-order valence-corrected chi connectivity index (χ2v) is 6.58. The van der Waals surface area contributed by atoms with Crippen molar-refractivity contribution in [3.8, 4) is 11.3 Å². The lowest BCUT2D eigenvalue weighted by atomic mass is 9.84. The maximum absolute atomic E-state index is 12.2. The third-order valence-corrected chi connectivity index (χ3v) is 4.58. The van der Waals surface area contributed by atoms with E-state index < -0.39 is 6.10 Å². The van der Waals surface area contributed by atoms with E-state index in [2.05, 4.69) is 10.5 Å². The minimum Gasteiger partial charge on any atom is -0.392 e. The van der Waals surface area contributed by atoms with E-state index >= 15 is 0 Å². The van der Waals surface area contributed by atoms with Crippen LogP contribution in [0.5, 0.6) is 0 Å². The number of hydrogen-bond donors (Lipinski definition) is 3. The maximum Gasteiger partial charge on any atom is 0.223 e. The summed E-state index contributed by atoms with van der Waals surface area (Å²) in [5.41, 5.74) is 7.35. The lowest BCUT2D eigenvalue weighted by Gasteiger charge is -2.29. The second-order valence-electron chi connectivity index (χ2n) is 6.15. The molecule has 1 aliphatic carbocycles. The number of aliphatic hydroxyl groups excluding tert-OH is 1. The van der Waals surface area contributed by atoms with Gasteiger partial charge in [0.15, 0.2) is 5.76 Å². The number of benzene rings is 1. The number of aromatic nitrogens is 1. The number of aliphatic hydroxyl groups is 1. The fourth-order valence-corrected chi connectivity index (χ4v) is 3.12. The molecular formula is C17H20ClN3O3. The molecule has 1 saturated carbocycles. The largest absolute Gasteiger partial charge is 0.392 e. The van der Waals surface area contributed by atoms with Crippen molar-refractivity contribution in [1.29, 1.82) is 0 Å². The first-order valence-corrected chi connectivity index (χ1v) is 8.33. The molecule has 6 nitrogen and oxygen atoms in total. The molecule has 0 spiro atoms. The molecule has 7 heteroatoms. The van der Waals surface area contributed by atoms with E-state index in [1.165, 1.54) is 0 Å². The van der Waals surface area contributed by atoms with Gasteiger partial charge in [0.2, 0.25) is 5.91 Å². The van der Waals surface area contributed by atoms with Crippen LogP contribution in [0.15, 0.2) is 34.9 Å². The van der Waals surface area contributed by atoms with Crippen LogP contribution in [0, 0.1) is 5.92 Å². The summed E-state index contributed by atoms with van der Waals surface area (Å²) in [7, 11) is 0. The first-order chi connectivity index (χ1) is 11.5. The predicted octanol–water partition coefficient (Wildman–Crippen LogP) is 2.10. The van der Waals surface area contributed by atoms with Crippen molar-refractivity contribution in [3.63, 3.8) is 0 Å². The molecule has 2 aromatic rings. The zero-order chi connectivity index (χ0) is 17.1. The van der Waals surface area contributed by atoms with Crippen LogP contribution in [-0.4, -0.2) is 28.3 Å². The Morgan fingerprint density at radius 3 is 3.00 bits per heavy atom. The summed E-state index contributed by atoms with van der Waals surface area (Å²) >= 11 is 5.97. The molecule has 1 aromatic heterocycles. The summed E-state index contributed by atoms with van der Waals surface area (Å²) in [5.74, 6) is 0.329. The van der Waals surface area contributed by atoms with Crippen molar-refractivity contribution in [2.45, 2.75) is 38.0 Å². The molecule has 1 amide bonds. The van der Waals surface area contributed by atoms with Gasteiger partial charge in [-0.15, -0.1) is 0 Å². The number of nitrogens with two attached hydrogens (primary N) is 1. The molecule has 0 aliphatic heterocycles. The molecule has 0 unspecified atom stereocenters. The van der Waals surface area contributed by atoms with Crippen LogP contribution >= 0.6 is 11.6 Å². The van der Waals surface area contributed by atoms with Crippen molar-refractivity contribution in [1.82, 2.24) is 10.5 Å². The molecule has 24 heavy (non-hydrogen) atoms. The van der Waals surface area contributed by atoms with Crippen molar-refractivity contribution < 1.29 is 14.4 Å². The van der Waals surface area contributed by atoms with Gasteiger partial charge in [0.25, 0.3) is 0 Å². The Morgan fingerprint density at radius 1 is 1.42 bits per heavy atom. The summed E-state index contributed by atoms with van der Waals surface area (Å²) in [4.78, 5) is 12.2. The van der Waals surface area contributed by atoms with E-state index in [0.717, 1.165) is 5.56 Å². The van der Waals surface area contributed by atoms with Gasteiger partial charge < -0.3 is 20.7 Å². The third kappa shape index (κ3) is 3.95. The number of nitrogens with one attached hydrogen (secondary N) is 1. The van der Waals surface area contributed by atoms with Gasteiger partial charge in [-0.25, -0.2) is 0 Å². The fraction of sp³-hybridized carbons (Fsp3) is 0.412. The van der Waals surface area contributed by atoms with Crippen molar-refractivity contribution in [3.05, 3.63) is 41.1 Å². The monoisotopic (exact) mass is 349 g/mol.